The number of hydrogen-bond donors (Lipinski definition) is 2. The average molecular weight is 535 g/mol. The van der Waals surface area contributed by atoms with Gasteiger partial charge in [-0.2, -0.15) is 0 Å². The zero-order valence-electron chi connectivity index (χ0n) is 20.2. The number of nitrogens with two attached hydrogens (primary N) is 1. The number of anilines is 1. The minimum atomic E-state index is -4.90. The largest absolute Gasteiger partial charge is 0.573 e. The van der Waals surface area contributed by atoms with Crippen molar-refractivity contribution in [1.82, 2.24) is 9.80 Å². The van der Waals surface area contributed by atoms with Gasteiger partial charge < -0.3 is 30.3 Å². The monoisotopic (exact) mass is 534 g/mol. The normalized spacial score (nSPS) is 23.3. The molecule has 2 aliphatic rings. The van der Waals surface area contributed by atoms with E-state index in [4.69, 9.17) is 22.1 Å². The molecule has 1 aromatic carbocycles. The fourth-order valence-corrected chi connectivity index (χ4v) is 4.70. The van der Waals surface area contributed by atoms with Crippen LogP contribution in [0.25, 0.3) is 0 Å². The maximum Gasteiger partial charge on any atom is 0.573 e. The van der Waals surface area contributed by atoms with Crippen molar-refractivity contribution in [3.63, 3.8) is 0 Å². The molecule has 200 valence electrons. The van der Waals surface area contributed by atoms with Crippen molar-refractivity contribution in [3.8, 4) is 5.75 Å². The molecule has 3 amide bonds. The summed E-state index contributed by atoms with van der Waals surface area (Å²) in [4.78, 5) is 41.2. The minimum absolute atomic E-state index is 0.00607. The third kappa shape index (κ3) is 7.31. The summed E-state index contributed by atoms with van der Waals surface area (Å²) < 4.78 is 47.3. The molecule has 2 saturated heterocycles. The molecular weight excluding hydrogens is 505 g/mol. The van der Waals surface area contributed by atoms with Crippen molar-refractivity contribution in [1.29, 1.82) is 0 Å². The highest BCUT2D eigenvalue weighted by Gasteiger charge is 2.43. The summed E-state index contributed by atoms with van der Waals surface area (Å²) in [5.74, 6) is -2.12. The van der Waals surface area contributed by atoms with Crippen LogP contribution in [0.15, 0.2) is 18.2 Å². The Hall–Kier alpha value is -2.89. The third-order valence-corrected chi connectivity index (χ3v) is 6.14. The highest BCUT2D eigenvalue weighted by molar-refractivity contribution is 6.31. The van der Waals surface area contributed by atoms with E-state index in [-0.39, 0.29) is 36.1 Å². The van der Waals surface area contributed by atoms with Crippen molar-refractivity contribution in [2.45, 2.75) is 64.1 Å². The standard InChI is InChI=1S/C23H30ClF3N4O5/c1-22(2,3)36-21(34)30-8-6-16(19(28)32)18(12-30)31-7-4-5-17(20(31)33)29-14-9-13(24)10-15(11-14)35-23(25,26)27/h9-11,16-18,29H,4-8,12H2,1-3H3,(H2,28,32). The molecule has 0 aliphatic carbocycles. The number of halogens is 4. The first-order chi connectivity index (χ1) is 16.6. The van der Waals surface area contributed by atoms with Gasteiger partial charge in [0, 0.05) is 36.4 Å². The lowest BCUT2D eigenvalue weighted by atomic mass is 9.88. The van der Waals surface area contributed by atoms with Gasteiger partial charge in [0.25, 0.3) is 0 Å². The lowest BCUT2D eigenvalue weighted by Gasteiger charge is -2.45. The number of benzene rings is 1. The summed E-state index contributed by atoms with van der Waals surface area (Å²) in [6.45, 7) is 5.89. The lowest BCUT2D eigenvalue weighted by molar-refractivity contribution is -0.274. The fourth-order valence-electron chi connectivity index (χ4n) is 4.47. The van der Waals surface area contributed by atoms with E-state index in [0.29, 0.717) is 19.4 Å². The van der Waals surface area contributed by atoms with Crippen LogP contribution in [-0.4, -0.2) is 71.4 Å². The molecule has 2 heterocycles. The number of carbonyl (C=O) groups is 3. The summed E-state index contributed by atoms with van der Waals surface area (Å²) in [6.07, 6.45) is -4.21. The van der Waals surface area contributed by atoms with Gasteiger partial charge in [-0.1, -0.05) is 11.6 Å². The van der Waals surface area contributed by atoms with E-state index in [1.54, 1.807) is 20.8 Å². The second-order valence-electron chi connectivity index (χ2n) is 9.89. The fraction of sp³-hybridized carbons (Fsp3) is 0.609. The number of likely N-dealkylation sites (tertiary alicyclic amines) is 2. The van der Waals surface area contributed by atoms with Crippen LogP contribution in [0.1, 0.15) is 40.0 Å². The van der Waals surface area contributed by atoms with Crippen LogP contribution in [0, 0.1) is 5.92 Å². The molecule has 3 rings (SSSR count). The predicted molar refractivity (Wildman–Crippen MR) is 125 cm³/mol. The van der Waals surface area contributed by atoms with Crippen LogP contribution in [0.3, 0.4) is 0 Å². The summed E-state index contributed by atoms with van der Waals surface area (Å²) in [5.41, 5.74) is 5.09. The highest BCUT2D eigenvalue weighted by Crippen LogP contribution is 2.32. The number of piperidine rings is 2. The Morgan fingerprint density at radius 2 is 1.83 bits per heavy atom. The number of ether oxygens (including phenoxy) is 2. The number of alkyl halides is 3. The average Bonchev–Trinajstić information content (AvgIpc) is 2.72. The Morgan fingerprint density at radius 1 is 1.14 bits per heavy atom. The van der Waals surface area contributed by atoms with Gasteiger partial charge in [0.2, 0.25) is 11.8 Å². The van der Waals surface area contributed by atoms with Crippen molar-refractivity contribution < 1.29 is 37.0 Å². The zero-order chi connectivity index (χ0) is 26.8. The Bertz CT molecular complexity index is 1000. The van der Waals surface area contributed by atoms with Gasteiger partial charge in [0.15, 0.2) is 0 Å². The molecule has 0 aromatic heterocycles. The summed E-state index contributed by atoms with van der Waals surface area (Å²) in [7, 11) is 0. The van der Waals surface area contributed by atoms with Crippen LogP contribution in [-0.2, 0) is 14.3 Å². The number of primary amides is 1. The van der Waals surface area contributed by atoms with Gasteiger partial charge >= 0.3 is 12.5 Å². The Morgan fingerprint density at radius 3 is 2.44 bits per heavy atom. The lowest BCUT2D eigenvalue weighted by Crippen LogP contribution is -2.62. The van der Waals surface area contributed by atoms with Gasteiger partial charge in [-0.3, -0.25) is 9.59 Å². The van der Waals surface area contributed by atoms with Crippen molar-refractivity contribution in [2.24, 2.45) is 11.7 Å². The molecule has 0 bridgehead atoms. The Balaban J connectivity index is 1.78. The molecular formula is C23H30ClF3N4O5. The molecule has 2 aliphatic heterocycles. The molecule has 36 heavy (non-hydrogen) atoms. The second kappa shape index (κ2) is 10.6. The second-order valence-corrected chi connectivity index (χ2v) is 10.3. The van der Waals surface area contributed by atoms with Gasteiger partial charge in [-0.05, 0) is 52.2 Å². The molecule has 2 fully saturated rings. The zero-order valence-corrected chi connectivity index (χ0v) is 21.0. The van der Waals surface area contributed by atoms with Crippen LogP contribution >= 0.6 is 11.6 Å². The SMILES string of the molecule is CC(C)(C)OC(=O)N1CCC(C(N)=O)C(N2CCCC(Nc3cc(Cl)cc(OC(F)(F)F)c3)C2=O)C1. The van der Waals surface area contributed by atoms with Crippen LogP contribution in [0.2, 0.25) is 5.02 Å². The quantitative estimate of drug-likeness (QED) is 0.594. The predicted octanol–water partition coefficient (Wildman–Crippen LogP) is 3.75. The Labute approximate surface area is 212 Å². The third-order valence-electron chi connectivity index (χ3n) is 5.92. The van der Waals surface area contributed by atoms with E-state index in [1.807, 2.05) is 0 Å². The van der Waals surface area contributed by atoms with Crippen molar-refractivity contribution in [2.75, 3.05) is 25.0 Å². The number of hydrogen-bond acceptors (Lipinski definition) is 6. The number of nitrogens with one attached hydrogen (secondary N) is 1. The molecule has 9 nitrogen and oxygen atoms in total. The van der Waals surface area contributed by atoms with Crippen LogP contribution in [0.4, 0.5) is 23.7 Å². The van der Waals surface area contributed by atoms with Crippen LogP contribution < -0.4 is 15.8 Å². The molecule has 0 saturated carbocycles. The first-order valence-electron chi connectivity index (χ1n) is 11.5. The van der Waals surface area contributed by atoms with E-state index in [2.05, 4.69) is 10.1 Å². The van der Waals surface area contributed by atoms with E-state index >= 15 is 0 Å². The Kier molecular flexibility index (Phi) is 8.17. The molecule has 3 atom stereocenters. The summed E-state index contributed by atoms with van der Waals surface area (Å²) in [5, 5.41) is 2.93. The highest BCUT2D eigenvalue weighted by atomic mass is 35.5. The van der Waals surface area contributed by atoms with E-state index in [0.717, 1.165) is 12.1 Å². The number of rotatable bonds is 5. The molecule has 13 heteroatoms. The van der Waals surface area contributed by atoms with Gasteiger partial charge in [-0.25, -0.2) is 4.79 Å². The van der Waals surface area contributed by atoms with Gasteiger partial charge in [0.05, 0.1) is 12.0 Å². The molecule has 0 radical (unpaired) electrons. The first kappa shape index (κ1) is 27.7. The number of amides is 3. The van der Waals surface area contributed by atoms with Crippen molar-refractivity contribution in [3.05, 3.63) is 23.2 Å². The molecule has 0 spiro atoms. The smallest absolute Gasteiger partial charge is 0.444 e. The first-order valence-corrected chi connectivity index (χ1v) is 11.9. The number of nitrogens with zero attached hydrogens (tertiary/aromatic N) is 2. The van der Waals surface area contributed by atoms with E-state index in [1.165, 1.54) is 15.9 Å². The van der Waals surface area contributed by atoms with Gasteiger partial charge in [0.1, 0.15) is 17.4 Å². The topological polar surface area (TPSA) is 114 Å². The maximum atomic E-state index is 13.4. The molecule has 1 aromatic rings. The number of carbonyl (C=O) groups excluding carboxylic acids is 3. The minimum Gasteiger partial charge on any atom is -0.444 e. The van der Waals surface area contributed by atoms with Gasteiger partial charge in [-0.15, -0.1) is 13.2 Å². The maximum absolute atomic E-state index is 13.4. The van der Waals surface area contributed by atoms with Crippen LogP contribution in [0.5, 0.6) is 5.75 Å². The molecule has 3 N–H and O–H groups in total. The van der Waals surface area contributed by atoms with Crippen molar-refractivity contribution >= 4 is 35.2 Å². The summed E-state index contributed by atoms with van der Waals surface area (Å²) >= 11 is 5.95. The summed E-state index contributed by atoms with van der Waals surface area (Å²) in [6, 6.07) is 2.04. The van der Waals surface area contributed by atoms with E-state index in [9.17, 15) is 27.6 Å². The van der Waals surface area contributed by atoms with E-state index < -0.39 is 47.7 Å². The molecule has 3 unspecified atom stereocenters.